The van der Waals surface area contributed by atoms with E-state index in [1.54, 1.807) is 18.2 Å². The molecule has 16 heavy (non-hydrogen) atoms. The number of rotatable bonds is 3. The third kappa shape index (κ3) is 1.63. The number of methoxy groups -OCH3 is 1. The SMILES string of the molecule is COc1ccc(-c2cnoc2N)c(C=O)c1. The lowest BCUT2D eigenvalue weighted by molar-refractivity contribution is 0.112. The molecule has 0 saturated heterocycles. The topological polar surface area (TPSA) is 78.3 Å². The van der Waals surface area contributed by atoms with Crippen molar-refractivity contribution in [2.24, 2.45) is 0 Å². The van der Waals surface area contributed by atoms with Gasteiger partial charge in [0.05, 0.1) is 18.9 Å². The third-order valence-corrected chi connectivity index (χ3v) is 2.27. The van der Waals surface area contributed by atoms with Gasteiger partial charge in [-0.1, -0.05) is 5.16 Å². The Morgan fingerprint density at radius 3 is 2.81 bits per heavy atom. The van der Waals surface area contributed by atoms with Crippen LogP contribution >= 0.6 is 0 Å². The molecule has 0 spiro atoms. The molecule has 2 aromatic rings. The van der Waals surface area contributed by atoms with Gasteiger partial charge >= 0.3 is 0 Å². The Balaban J connectivity index is 2.57. The van der Waals surface area contributed by atoms with Crippen LogP contribution in [0.4, 0.5) is 5.88 Å². The number of aromatic nitrogens is 1. The lowest BCUT2D eigenvalue weighted by Gasteiger charge is -2.05. The van der Waals surface area contributed by atoms with Crippen molar-refractivity contribution in [2.45, 2.75) is 0 Å². The average Bonchev–Trinajstić information content (AvgIpc) is 2.74. The normalized spacial score (nSPS) is 10.1. The Morgan fingerprint density at radius 2 is 2.25 bits per heavy atom. The highest BCUT2D eigenvalue weighted by atomic mass is 16.5. The molecule has 0 radical (unpaired) electrons. The lowest BCUT2D eigenvalue weighted by Crippen LogP contribution is -1.92. The molecule has 0 fully saturated rings. The molecule has 5 nitrogen and oxygen atoms in total. The Kier molecular flexibility index (Phi) is 2.59. The van der Waals surface area contributed by atoms with Crippen molar-refractivity contribution in [3.8, 4) is 16.9 Å². The van der Waals surface area contributed by atoms with Crippen LogP contribution in [0.2, 0.25) is 0 Å². The number of carbonyl (C=O) groups is 1. The van der Waals surface area contributed by atoms with Crippen molar-refractivity contribution < 1.29 is 14.1 Å². The summed E-state index contributed by atoms with van der Waals surface area (Å²) in [4.78, 5) is 11.0. The zero-order valence-corrected chi connectivity index (χ0v) is 8.64. The molecule has 0 amide bonds. The number of hydrogen-bond acceptors (Lipinski definition) is 5. The minimum atomic E-state index is 0.188. The Labute approximate surface area is 91.8 Å². The summed E-state index contributed by atoms with van der Waals surface area (Å²) >= 11 is 0. The van der Waals surface area contributed by atoms with Gasteiger partial charge in [0, 0.05) is 5.56 Å². The second-order valence-electron chi connectivity index (χ2n) is 3.17. The number of carbonyl (C=O) groups excluding carboxylic acids is 1. The first-order chi connectivity index (χ1) is 7.76. The molecule has 1 heterocycles. The first-order valence-corrected chi connectivity index (χ1v) is 4.60. The fourth-order valence-electron chi connectivity index (χ4n) is 1.46. The molecule has 1 aromatic carbocycles. The van der Waals surface area contributed by atoms with Gasteiger partial charge in [-0.25, -0.2) is 0 Å². The summed E-state index contributed by atoms with van der Waals surface area (Å²) in [5.41, 5.74) is 7.35. The Bertz CT molecular complexity index is 520. The standard InChI is InChI=1S/C11H10N2O3/c1-15-8-2-3-9(7(4-8)6-14)10-5-13-16-11(10)12/h2-6H,12H2,1H3. The molecular formula is C11H10N2O3. The maximum Gasteiger partial charge on any atom is 0.229 e. The predicted molar refractivity (Wildman–Crippen MR) is 58.3 cm³/mol. The third-order valence-electron chi connectivity index (χ3n) is 2.27. The largest absolute Gasteiger partial charge is 0.497 e. The van der Waals surface area contributed by atoms with Crippen molar-refractivity contribution in [1.29, 1.82) is 0 Å². The Hall–Kier alpha value is -2.30. The summed E-state index contributed by atoms with van der Waals surface area (Å²) in [5.74, 6) is 0.800. The lowest BCUT2D eigenvalue weighted by atomic mass is 10.0. The molecule has 0 saturated carbocycles. The summed E-state index contributed by atoms with van der Waals surface area (Å²) in [6, 6.07) is 5.12. The van der Waals surface area contributed by atoms with Crippen molar-refractivity contribution in [3.05, 3.63) is 30.0 Å². The second-order valence-corrected chi connectivity index (χ2v) is 3.17. The minimum absolute atomic E-state index is 0.188. The van der Waals surface area contributed by atoms with Crippen LogP contribution in [0.3, 0.4) is 0 Å². The number of nitrogens with zero attached hydrogens (tertiary/aromatic N) is 1. The van der Waals surface area contributed by atoms with Gasteiger partial charge < -0.3 is 15.0 Å². The van der Waals surface area contributed by atoms with Crippen LogP contribution in [-0.4, -0.2) is 18.6 Å². The highest BCUT2D eigenvalue weighted by molar-refractivity contribution is 5.90. The van der Waals surface area contributed by atoms with E-state index in [-0.39, 0.29) is 5.88 Å². The summed E-state index contributed by atoms with van der Waals surface area (Å²) in [6.07, 6.45) is 2.22. The highest BCUT2D eigenvalue weighted by Crippen LogP contribution is 2.30. The van der Waals surface area contributed by atoms with Crippen LogP contribution < -0.4 is 10.5 Å². The van der Waals surface area contributed by atoms with E-state index in [4.69, 9.17) is 15.0 Å². The van der Waals surface area contributed by atoms with E-state index >= 15 is 0 Å². The fourth-order valence-corrected chi connectivity index (χ4v) is 1.46. The van der Waals surface area contributed by atoms with Gasteiger partial charge in [-0.05, 0) is 23.8 Å². The zero-order valence-electron chi connectivity index (χ0n) is 8.64. The smallest absolute Gasteiger partial charge is 0.229 e. The molecule has 1 aromatic heterocycles. The quantitative estimate of drug-likeness (QED) is 0.794. The molecular weight excluding hydrogens is 208 g/mol. The molecule has 0 aliphatic carbocycles. The molecule has 0 aliphatic rings. The average molecular weight is 218 g/mol. The Morgan fingerprint density at radius 1 is 1.44 bits per heavy atom. The summed E-state index contributed by atoms with van der Waals surface area (Å²) in [6.45, 7) is 0. The highest BCUT2D eigenvalue weighted by Gasteiger charge is 2.12. The maximum atomic E-state index is 11.0. The summed E-state index contributed by atoms with van der Waals surface area (Å²) < 4.78 is 9.79. The van der Waals surface area contributed by atoms with Crippen LogP contribution in [0.15, 0.2) is 28.9 Å². The number of hydrogen-bond donors (Lipinski definition) is 1. The van der Waals surface area contributed by atoms with Crippen LogP contribution in [0.5, 0.6) is 5.75 Å². The van der Waals surface area contributed by atoms with E-state index in [0.29, 0.717) is 22.4 Å². The fraction of sp³-hybridized carbons (Fsp3) is 0.0909. The van der Waals surface area contributed by atoms with Crippen LogP contribution in [0.25, 0.3) is 11.1 Å². The second kappa shape index (κ2) is 4.06. The van der Waals surface area contributed by atoms with Crippen molar-refractivity contribution in [2.75, 3.05) is 12.8 Å². The maximum absolute atomic E-state index is 11.0. The number of ether oxygens (including phenoxy) is 1. The van der Waals surface area contributed by atoms with Crippen molar-refractivity contribution in [3.63, 3.8) is 0 Å². The van der Waals surface area contributed by atoms with Gasteiger partial charge in [0.1, 0.15) is 5.75 Å². The first kappa shape index (κ1) is 10.2. The van der Waals surface area contributed by atoms with Gasteiger partial charge in [-0.3, -0.25) is 4.79 Å². The van der Waals surface area contributed by atoms with Crippen LogP contribution in [-0.2, 0) is 0 Å². The first-order valence-electron chi connectivity index (χ1n) is 4.60. The molecule has 0 unspecified atom stereocenters. The van der Waals surface area contributed by atoms with E-state index in [9.17, 15) is 4.79 Å². The summed E-state index contributed by atoms with van der Waals surface area (Å²) in [7, 11) is 1.54. The van der Waals surface area contributed by atoms with Gasteiger partial charge in [-0.2, -0.15) is 0 Å². The van der Waals surface area contributed by atoms with Gasteiger partial charge in [0.25, 0.3) is 0 Å². The predicted octanol–water partition coefficient (Wildman–Crippen LogP) is 1.74. The van der Waals surface area contributed by atoms with Gasteiger partial charge in [0.15, 0.2) is 6.29 Å². The van der Waals surface area contributed by atoms with Gasteiger partial charge in [0.2, 0.25) is 5.88 Å². The molecule has 0 atom stereocenters. The number of aldehydes is 1. The monoisotopic (exact) mass is 218 g/mol. The van der Waals surface area contributed by atoms with Crippen molar-refractivity contribution in [1.82, 2.24) is 5.16 Å². The van der Waals surface area contributed by atoms with Crippen LogP contribution in [0.1, 0.15) is 10.4 Å². The molecule has 2 rings (SSSR count). The van der Waals surface area contributed by atoms with Crippen LogP contribution in [0, 0.1) is 0 Å². The number of nitrogens with two attached hydrogens (primary N) is 1. The van der Waals surface area contributed by atoms with E-state index in [1.165, 1.54) is 13.3 Å². The molecule has 2 N–H and O–H groups in total. The zero-order chi connectivity index (χ0) is 11.5. The minimum Gasteiger partial charge on any atom is -0.497 e. The number of benzene rings is 1. The van der Waals surface area contributed by atoms with E-state index in [1.807, 2.05) is 0 Å². The number of anilines is 1. The molecule has 0 bridgehead atoms. The summed E-state index contributed by atoms with van der Waals surface area (Å²) in [5, 5.41) is 3.57. The van der Waals surface area contributed by atoms with E-state index in [0.717, 1.165) is 6.29 Å². The molecule has 0 aliphatic heterocycles. The van der Waals surface area contributed by atoms with E-state index in [2.05, 4.69) is 5.16 Å². The molecule has 5 heteroatoms. The van der Waals surface area contributed by atoms with Gasteiger partial charge in [-0.15, -0.1) is 0 Å². The molecule has 82 valence electrons. The number of nitrogen functional groups attached to an aromatic ring is 1. The van der Waals surface area contributed by atoms with E-state index < -0.39 is 0 Å². The van der Waals surface area contributed by atoms with Crippen molar-refractivity contribution >= 4 is 12.2 Å².